The van der Waals surface area contributed by atoms with E-state index in [0.29, 0.717) is 0 Å². The van der Waals surface area contributed by atoms with E-state index >= 15 is 0 Å². The number of aryl methyl sites for hydroxylation is 1. The van der Waals surface area contributed by atoms with Crippen molar-refractivity contribution in [3.63, 3.8) is 0 Å². The van der Waals surface area contributed by atoms with Crippen molar-refractivity contribution in [1.82, 2.24) is 4.98 Å². The summed E-state index contributed by atoms with van der Waals surface area (Å²) in [7, 11) is 0. The Kier molecular flexibility index (Phi) is 5.57. The number of fused-ring (bicyclic) bond motifs is 1. The molecule has 0 unspecified atom stereocenters. The number of hydrogen-bond donors (Lipinski definition) is 1. The van der Waals surface area contributed by atoms with Gasteiger partial charge in [0.25, 0.3) is 0 Å². The molecule has 0 bridgehead atoms. The van der Waals surface area contributed by atoms with E-state index in [9.17, 15) is 4.39 Å². The van der Waals surface area contributed by atoms with Crippen molar-refractivity contribution in [2.24, 2.45) is 4.99 Å². The monoisotopic (exact) mass is 384 g/mol. The zero-order chi connectivity index (χ0) is 20.2. The van der Waals surface area contributed by atoms with Crippen molar-refractivity contribution in [3.05, 3.63) is 95.4 Å². The topological polar surface area (TPSA) is 28.1 Å². The van der Waals surface area contributed by atoms with E-state index in [0.717, 1.165) is 41.8 Å². The fourth-order valence-electron chi connectivity index (χ4n) is 3.65. The molecule has 0 saturated heterocycles. The van der Waals surface area contributed by atoms with Gasteiger partial charge < -0.3 is 4.98 Å². The molecule has 1 heterocycles. The summed E-state index contributed by atoms with van der Waals surface area (Å²) >= 11 is 0. The van der Waals surface area contributed by atoms with Crippen molar-refractivity contribution < 1.29 is 4.39 Å². The Bertz CT molecular complexity index is 1150. The average molecular weight is 384 g/mol. The smallest absolute Gasteiger partial charge is 0.123 e. The highest BCUT2D eigenvalue weighted by Crippen LogP contribution is 2.22. The van der Waals surface area contributed by atoms with E-state index < -0.39 is 0 Å². The van der Waals surface area contributed by atoms with Gasteiger partial charge >= 0.3 is 0 Å². The zero-order valence-electron chi connectivity index (χ0n) is 16.9. The second-order valence-corrected chi connectivity index (χ2v) is 7.35. The lowest BCUT2D eigenvalue weighted by molar-refractivity contribution is 0.628. The molecular weight excluding hydrogens is 359 g/mol. The van der Waals surface area contributed by atoms with E-state index in [-0.39, 0.29) is 5.82 Å². The molecule has 0 aliphatic carbocycles. The third-order valence-corrected chi connectivity index (χ3v) is 5.43. The van der Waals surface area contributed by atoms with Gasteiger partial charge in [-0.15, -0.1) is 0 Å². The molecule has 0 aliphatic heterocycles. The summed E-state index contributed by atoms with van der Waals surface area (Å²) in [5.74, 6) is -0.217. The highest BCUT2D eigenvalue weighted by molar-refractivity contribution is 5.99. The van der Waals surface area contributed by atoms with Crippen LogP contribution in [-0.4, -0.2) is 17.2 Å². The molecule has 0 radical (unpaired) electrons. The second kappa shape index (κ2) is 8.44. The van der Waals surface area contributed by atoms with Crippen molar-refractivity contribution in [2.75, 3.05) is 6.54 Å². The van der Waals surface area contributed by atoms with Crippen LogP contribution in [0.3, 0.4) is 0 Å². The van der Waals surface area contributed by atoms with Gasteiger partial charge in [0.1, 0.15) is 5.82 Å². The number of aromatic amines is 1. The third-order valence-electron chi connectivity index (χ3n) is 5.43. The molecule has 0 saturated carbocycles. The Hall–Kier alpha value is -3.20. The first-order chi connectivity index (χ1) is 14.1. The maximum atomic E-state index is 13.2. The van der Waals surface area contributed by atoms with Gasteiger partial charge in [0.05, 0.1) is 0 Å². The van der Waals surface area contributed by atoms with E-state index in [1.165, 1.54) is 34.2 Å². The first-order valence-corrected chi connectivity index (χ1v) is 10.1. The van der Waals surface area contributed by atoms with Crippen molar-refractivity contribution in [2.45, 2.75) is 26.7 Å². The molecule has 4 aromatic rings. The van der Waals surface area contributed by atoms with Gasteiger partial charge in [-0.25, -0.2) is 4.39 Å². The van der Waals surface area contributed by atoms with Gasteiger partial charge in [-0.05, 0) is 77.9 Å². The van der Waals surface area contributed by atoms with Crippen molar-refractivity contribution >= 4 is 16.6 Å². The minimum Gasteiger partial charge on any atom is -0.361 e. The molecule has 2 nitrogen and oxygen atoms in total. The van der Waals surface area contributed by atoms with E-state index in [1.54, 1.807) is 0 Å². The first kappa shape index (κ1) is 19.1. The van der Waals surface area contributed by atoms with Gasteiger partial charge in [0.2, 0.25) is 0 Å². The lowest BCUT2D eigenvalue weighted by Gasteiger charge is -2.06. The van der Waals surface area contributed by atoms with Gasteiger partial charge in [-0.2, -0.15) is 0 Å². The predicted molar refractivity (Wildman–Crippen MR) is 120 cm³/mol. The van der Waals surface area contributed by atoms with Crippen LogP contribution in [0.15, 0.2) is 77.9 Å². The normalized spacial score (nSPS) is 11.9. The predicted octanol–water partition coefficient (Wildman–Crippen LogP) is 6.59. The van der Waals surface area contributed by atoms with Gasteiger partial charge in [-0.1, -0.05) is 43.3 Å². The summed E-state index contributed by atoms with van der Waals surface area (Å²) in [6.07, 6.45) is 4.05. The summed E-state index contributed by atoms with van der Waals surface area (Å²) < 4.78 is 13.2. The van der Waals surface area contributed by atoms with Crippen molar-refractivity contribution in [3.8, 4) is 11.1 Å². The Labute approximate surface area is 171 Å². The van der Waals surface area contributed by atoms with E-state index in [4.69, 9.17) is 4.99 Å². The summed E-state index contributed by atoms with van der Waals surface area (Å²) in [6, 6.07) is 21.5. The molecule has 4 rings (SSSR count). The maximum absolute atomic E-state index is 13.2. The molecular formula is C26H25FN2. The summed E-state index contributed by atoms with van der Waals surface area (Å²) in [6.45, 7) is 4.98. The van der Waals surface area contributed by atoms with Crippen LogP contribution < -0.4 is 0 Å². The molecule has 0 spiro atoms. The van der Waals surface area contributed by atoms with Gasteiger partial charge in [0.15, 0.2) is 0 Å². The molecule has 1 N–H and O–H groups in total. The number of nitrogens with one attached hydrogen (secondary N) is 1. The Morgan fingerprint density at radius 2 is 1.79 bits per heavy atom. The number of aliphatic imine (C=N–C) groups is 1. The number of hydrogen-bond acceptors (Lipinski definition) is 1. The Morgan fingerprint density at radius 3 is 2.59 bits per heavy atom. The van der Waals surface area contributed by atoms with Crippen LogP contribution in [0.25, 0.3) is 22.0 Å². The number of aromatic nitrogens is 1. The standard InChI is InChI=1S/C26H25FN2/c1-3-19-7-12-26-25(15-19)23(17-29-26)13-14-28-18(2)21-5-4-6-22(16-21)20-8-10-24(27)11-9-20/h4-12,15-17,29H,3,13-14H2,1-2H3. The van der Waals surface area contributed by atoms with Crippen LogP contribution in [0.2, 0.25) is 0 Å². The highest BCUT2D eigenvalue weighted by Gasteiger charge is 2.05. The highest BCUT2D eigenvalue weighted by atomic mass is 19.1. The summed E-state index contributed by atoms with van der Waals surface area (Å²) in [4.78, 5) is 8.17. The fraction of sp³-hybridized carbons (Fsp3) is 0.192. The number of rotatable bonds is 6. The van der Waals surface area contributed by atoms with Crippen LogP contribution in [0.4, 0.5) is 4.39 Å². The molecule has 1 aromatic heterocycles. The first-order valence-electron chi connectivity index (χ1n) is 10.1. The van der Waals surface area contributed by atoms with Crippen LogP contribution in [0.5, 0.6) is 0 Å². The third kappa shape index (κ3) is 4.29. The minimum absolute atomic E-state index is 0.217. The maximum Gasteiger partial charge on any atom is 0.123 e. The lowest BCUT2D eigenvalue weighted by atomic mass is 10.0. The van der Waals surface area contributed by atoms with Gasteiger partial charge in [0, 0.05) is 29.4 Å². The molecule has 0 fully saturated rings. The van der Waals surface area contributed by atoms with E-state index in [2.05, 4.69) is 48.4 Å². The molecule has 3 heteroatoms. The van der Waals surface area contributed by atoms with Crippen molar-refractivity contribution in [1.29, 1.82) is 0 Å². The minimum atomic E-state index is -0.217. The largest absolute Gasteiger partial charge is 0.361 e. The quantitative estimate of drug-likeness (QED) is 0.363. The lowest BCUT2D eigenvalue weighted by Crippen LogP contribution is -1.98. The zero-order valence-corrected chi connectivity index (χ0v) is 16.9. The van der Waals surface area contributed by atoms with E-state index in [1.807, 2.05) is 31.2 Å². The Balaban J connectivity index is 1.49. The van der Waals surface area contributed by atoms with Crippen LogP contribution in [-0.2, 0) is 12.8 Å². The molecule has 0 amide bonds. The number of halogens is 1. The average Bonchev–Trinajstić information content (AvgIpc) is 3.16. The van der Waals surface area contributed by atoms with Crippen LogP contribution >= 0.6 is 0 Å². The number of H-pyrrole nitrogens is 1. The molecule has 3 aromatic carbocycles. The summed E-state index contributed by atoms with van der Waals surface area (Å²) in [5.41, 5.74) is 8.04. The Morgan fingerprint density at radius 1 is 0.966 bits per heavy atom. The SMILES string of the molecule is CCc1ccc2[nH]cc(CCN=C(C)c3cccc(-c4ccc(F)cc4)c3)c2c1. The molecule has 0 atom stereocenters. The number of benzene rings is 3. The molecule has 29 heavy (non-hydrogen) atoms. The summed E-state index contributed by atoms with van der Waals surface area (Å²) in [5, 5.41) is 1.30. The number of nitrogens with zero attached hydrogens (tertiary/aromatic N) is 1. The second-order valence-electron chi connectivity index (χ2n) is 7.35. The van der Waals surface area contributed by atoms with Gasteiger partial charge in [-0.3, -0.25) is 4.99 Å². The molecule has 0 aliphatic rings. The van der Waals surface area contributed by atoms with Crippen LogP contribution in [0, 0.1) is 5.82 Å². The van der Waals surface area contributed by atoms with Crippen LogP contribution in [0.1, 0.15) is 30.5 Å². The molecule has 146 valence electrons. The fourth-order valence-corrected chi connectivity index (χ4v) is 3.65.